The van der Waals surface area contributed by atoms with Crippen LogP contribution >= 0.6 is 10.0 Å². The second-order valence-corrected chi connectivity index (χ2v) is 5.73. The Bertz CT molecular complexity index is 395. The van der Waals surface area contributed by atoms with E-state index in [1.165, 1.54) is 0 Å². The summed E-state index contributed by atoms with van der Waals surface area (Å²) in [4.78, 5) is 12.1. The lowest BCUT2D eigenvalue weighted by molar-refractivity contribution is 0.221. The molecule has 1 N–H and O–H groups in total. The molecule has 2 rings (SSSR count). The highest BCUT2D eigenvalue weighted by molar-refractivity contribution is 8.49. The van der Waals surface area contributed by atoms with Gasteiger partial charge in [0.1, 0.15) is 0 Å². The third kappa shape index (κ3) is 1.26. The third-order valence-electron chi connectivity index (χ3n) is 2.12. The van der Waals surface area contributed by atoms with Crippen molar-refractivity contribution in [2.24, 2.45) is 0 Å². The van der Waals surface area contributed by atoms with Crippen LogP contribution in [-0.2, 0) is 0 Å². The SMILES string of the molecule is O=C(O)S1(c2ccccc2)C=CC=C1. The smallest absolute Gasteiger partial charge is 0.358 e. The molecule has 0 bridgehead atoms. The zero-order chi connectivity index (χ0) is 10.0. The van der Waals surface area contributed by atoms with Crippen molar-refractivity contribution >= 4 is 15.3 Å². The summed E-state index contributed by atoms with van der Waals surface area (Å²) < 4.78 is 0. The predicted molar refractivity (Wildman–Crippen MR) is 58.6 cm³/mol. The molecule has 0 atom stereocenters. The topological polar surface area (TPSA) is 37.3 Å². The first-order chi connectivity index (χ1) is 6.76. The van der Waals surface area contributed by atoms with Gasteiger partial charge in [-0.2, -0.15) is 0 Å². The van der Waals surface area contributed by atoms with Crippen LogP contribution in [0, 0.1) is 0 Å². The quantitative estimate of drug-likeness (QED) is 0.762. The Hall–Kier alpha value is -1.48. The van der Waals surface area contributed by atoms with Crippen LogP contribution in [0.4, 0.5) is 4.79 Å². The molecule has 3 heteroatoms. The second kappa shape index (κ2) is 3.35. The molecule has 0 amide bonds. The van der Waals surface area contributed by atoms with Crippen molar-refractivity contribution in [3.05, 3.63) is 53.3 Å². The number of carbonyl (C=O) groups is 1. The van der Waals surface area contributed by atoms with Gasteiger partial charge in [0.15, 0.2) is 0 Å². The van der Waals surface area contributed by atoms with Gasteiger partial charge in [-0.25, -0.2) is 4.79 Å². The molecule has 0 saturated carbocycles. The van der Waals surface area contributed by atoms with E-state index in [9.17, 15) is 9.90 Å². The van der Waals surface area contributed by atoms with E-state index in [4.69, 9.17) is 0 Å². The Morgan fingerprint density at radius 1 is 1.07 bits per heavy atom. The summed E-state index contributed by atoms with van der Waals surface area (Å²) in [5.74, 6) is 0. The molecular formula is C11H10O2S. The Morgan fingerprint density at radius 2 is 1.64 bits per heavy atom. The van der Waals surface area contributed by atoms with Crippen molar-refractivity contribution in [2.45, 2.75) is 4.90 Å². The first-order valence-electron chi connectivity index (χ1n) is 4.22. The Morgan fingerprint density at radius 3 is 2.14 bits per heavy atom. The van der Waals surface area contributed by atoms with E-state index < -0.39 is 15.3 Å². The first-order valence-corrected chi connectivity index (χ1v) is 5.98. The molecular weight excluding hydrogens is 196 g/mol. The molecule has 14 heavy (non-hydrogen) atoms. The zero-order valence-electron chi connectivity index (χ0n) is 7.46. The number of carboxylic acid groups (broad SMARTS) is 1. The number of hydrogen-bond donors (Lipinski definition) is 1. The summed E-state index contributed by atoms with van der Waals surface area (Å²) in [6.45, 7) is 0. The van der Waals surface area contributed by atoms with Crippen LogP contribution in [-0.4, -0.2) is 10.4 Å². The highest BCUT2D eigenvalue weighted by Gasteiger charge is 2.30. The van der Waals surface area contributed by atoms with Crippen molar-refractivity contribution in [1.29, 1.82) is 0 Å². The standard InChI is InChI=1S/C11H10O2S/c12-11(13)14(8-4-5-9-14)10-6-2-1-3-7-10/h1-9H,(H,12,13). The molecule has 72 valence electrons. The van der Waals surface area contributed by atoms with Gasteiger partial charge >= 0.3 is 5.30 Å². The molecule has 0 radical (unpaired) electrons. The van der Waals surface area contributed by atoms with Crippen molar-refractivity contribution in [1.82, 2.24) is 0 Å². The molecule has 2 nitrogen and oxygen atoms in total. The van der Waals surface area contributed by atoms with E-state index in [0.717, 1.165) is 4.90 Å². The molecule has 1 aromatic rings. The minimum atomic E-state index is -1.90. The molecule has 0 saturated heterocycles. The fraction of sp³-hybridized carbons (Fsp3) is 0. The molecule has 0 aromatic heterocycles. The van der Waals surface area contributed by atoms with Crippen molar-refractivity contribution in [2.75, 3.05) is 0 Å². The number of allylic oxidation sites excluding steroid dienone is 2. The summed E-state index contributed by atoms with van der Waals surface area (Å²) >= 11 is 0. The molecule has 1 aliphatic heterocycles. The first kappa shape index (κ1) is 9.09. The number of rotatable bonds is 1. The molecule has 1 aromatic carbocycles. The van der Waals surface area contributed by atoms with E-state index >= 15 is 0 Å². The van der Waals surface area contributed by atoms with Crippen LogP contribution in [0.3, 0.4) is 0 Å². The van der Waals surface area contributed by atoms with Gasteiger partial charge < -0.3 is 5.11 Å². The maximum Gasteiger partial charge on any atom is 0.358 e. The summed E-state index contributed by atoms with van der Waals surface area (Å²) in [6, 6.07) is 9.35. The van der Waals surface area contributed by atoms with Crippen molar-refractivity contribution in [3.8, 4) is 0 Å². The minimum Gasteiger partial charge on any atom is -0.474 e. The monoisotopic (exact) mass is 206 g/mol. The van der Waals surface area contributed by atoms with E-state index in [2.05, 4.69) is 0 Å². The largest absolute Gasteiger partial charge is 0.474 e. The summed E-state index contributed by atoms with van der Waals surface area (Å²) in [5, 5.41) is 12.1. The van der Waals surface area contributed by atoms with Gasteiger partial charge in [-0.3, -0.25) is 0 Å². The van der Waals surface area contributed by atoms with Gasteiger partial charge in [-0.15, -0.1) is 0 Å². The van der Waals surface area contributed by atoms with Crippen LogP contribution in [0.25, 0.3) is 0 Å². The zero-order valence-corrected chi connectivity index (χ0v) is 8.28. The average molecular weight is 206 g/mol. The van der Waals surface area contributed by atoms with Gasteiger partial charge in [0.05, 0.1) is 0 Å². The lowest BCUT2D eigenvalue weighted by Gasteiger charge is -2.25. The fourth-order valence-corrected chi connectivity index (χ4v) is 3.53. The molecule has 0 unspecified atom stereocenters. The summed E-state index contributed by atoms with van der Waals surface area (Å²) in [5.41, 5.74) is 0. The highest BCUT2D eigenvalue weighted by Crippen LogP contribution is 2.61. The van der Waals surface area contributed by atoms with Crippen LogP contribution in [0.5, 0.6) is 0 Å². The lowest BCUT2D eigenvalue weighted by atomic mass is 10.4. The summed E-state index contributed by atoms with van der Waals surface area (Å²) in [6.07, 6.45) is 3.60. The van der Waals surface area contributed by atoms with Crippen LogP contribution < -0.4 is 0 Å². The maximum absolute atomic E-state index is 11.3. The highest BCUT2D eigenvalue weighted by atomic mass is 32.3. The van der Waals surface area contributed by atoms with Gasteiger partial charge in [0.2, 0.25) is 0 Å². The average Bonchev–Trinajstić information content (AvgIpc) is 2.69. The van der Waals surface area contributed by atoms with E-state index in [1.807, 2.05) is 30.3 Å². The van der Waals surface area contributed by atoms with Gasteiger partial charge in [-0.1, -0.05) is 40.4 Å². The normalized spacial score (nSPS) is 19.4. The van der Waals surface area contributed by atoms with E-state index in [-0.39, 0.29) is 0 Å². The van der Waals surface area contributed by atoms with Crippen LogP contribution in [0.2, 0.25) is 0 Å². The Balaban J connectivity index is 2.54. The second-order valence-electron chi connectivity index (χ2n) is 2.95. The Labute approximate surface area is 83.9 Å². The fourth-order valence-electron chi connectivity index (χ4n) is 1.40. The number of hydrogen-bond acceptors (Lipinski definition) is 1. The third-order valence-corrected chi connectivity index (χ3v) is 4.92. The Kier molecular flexibility index (Phi) is 2.17. The summed E-state index contributed by atoms with van der Waals surface area (Å²) in [7, 11) is -1.90. The van der Waals surface area contributed by atoms with Crippen LogP contribution in [0.1, 0.15) is 0 Å². The van der Waals surface area contributed by atoms with E-state index in [0.29, 0.717) is 0 Å². The van der Waals surface area contributed by atoms with Crippen LogP contribution in [0.15, 0.2) is 58.2 Å². The number of benzene rings is 1. The molecule has 0 aliphatic carbocycles. The minimum absolute atomic E-state index is 0.756. The lowest BCUT2D eigenvalue weighted by Crippen LogP contribution is -2.03. The van der Waals surface area contributed by atoms with Crippen molar-refractivity contribution < 1.29 is 9.90 Å². The predicted octanol–water partition coefficient (Wildman–Crippen LogP) is 3.57. The van der Waals surface area contributed by atoms with E-state index in [1.54, 1.807) is 23.0 Å². The van der Waals surface area contributed by atoms with Crippen molar-refractivity contribution in [3.63, 3.8) is 0 Å². The van der Waals surface area contributed by atoms with Gasteiger partial charge in [-0.05, 0) is 22.9 Å². The van der Waals surface area contributed by atoms with Gasteiger partial charge in [0, 0.05) is 4.90 Å². The molecule has 0 spiro atoms. The van der Waals surface area contributed by atoms with Gasteiger partial charge in [0.25, 0.3) is 0 Å². The molecule has 1 aliphatic rings. The molecule has 0 fully saturated rings. The molecule has 1 heterocycles. The maximum atomic E-state index is 11.3.